The maximum atomic E-state index is 14.6. The van der Waals surface area contributed by atoms with Gasteiger partial charge in [0, 0.05) is 23.5 Å². The summed E-state index contributed by atoms with van der Waals surface area (Å²) in [5, 5.41) is 0. The zero-order valence-electron chi connectivity index (χ0n) is 17.1. The summed E-state index contributed by atoms with van der Waals surface area (Å²) in [5.74, 6) is -5.64. The van der Waals surface area contributed by atoms with Gasteiger partial charge in [0.2, 0.25) is 0 Å². The average Bonchev–Trinajstić information content (AvgIpc) is 2.73. The molecule has 1 heterocycles. The quantitative estimate of drug-likeness (QED) is 0.256. The Morgan fingerprint density at radius 2 is 1.38 bits per heavy atom. The Morgan fingerprint density at radius 3 is 1.91 bits per heavy atom. The molecule has 0 atom stereocenters. The van der Waals surface area contributed by atoms with Crippen molar-refractivity contribution in [3.8, 4) is 28.3 Å². The van der Waals surface area contributed by atoms with Crippen LogP contribution in [0.25, 0.3) is 22.5 Å². The molecule has 9 heteroatoms. The molecule has 0 N–H and O–H groups in total. The summed E-state index contributed by atoms with van der Waals surface area (Å²) in [6, 6.07) is 3.99. The van der Waals surface area contributed by atoms with Crippen molar-refractivity contribution in [2.24, 2.45) is 0 Å². The first-order valence-electron chi connectivity index (χ1n) is 10.0. The maximum absolute atomic E-state index is 14.6. The fourth-order valence-corrected chi connectivity index (χ4v) is 3.30. The molecule has 0 aliphatic heterocycles. The first-order valence-corrected chi connectivity index (χ1v) is 10.0. The molecule has 3 aromatic rings. The minimum absolute atomic E-state index is 0.0416. The monoisotopic (exact) mass is 454 g/mol. The number of alkyl halides is 2. The Bertz CT molecular complexity index is 1030. The van der Waals surface area contributed by atoms with E-state index in [1.54, 1.807) is 0 Å². The highest BCUT2D eigenvalue weighted by atomic mass is 19.3. The molecule has 170 valence electrons. The van der Waals surface area contributed by atoms with Crippen LogP contribution in [0.5, 0.6) is 5.75 Å². The predicted octanol–water partition coefficient (Wildman–Crippen LogP) is 7.09. The van der Waals surface area contributed by atoms with E-state index in [-0.39, 0.29) is 22.5 Å². The molecule has 1 aromatic heterocycles. The van der Waals surface area contributed by atoms with E-state index in [1.165, 1.54) is 12.1 Å². The van der Waals surface area contributed by atoms with Gasteiger partial charge in [0.25, 0.3) is 0 Å². The number of hydrogen-bond acceptors (Lipinski definition) is 3. The van der Waals surface area contributed by atoms with E-state index in [4.69, 9.17) is 0 Å². The topological polar surface area (TPSA) is 35.0 Å². The molecule has 0 radical (unpaired) electrons. The number of benzene rings is 2. The van der Waals surface area contributed by atoms with Crippen LogP contribution in [0, 0.1) is 23.3 Å². The highest BCUT2D eigenvalue weighted by molar-refractivity contribution is 5.65. The first kappa shape index (κ1) is 23.6. The molecule has 0 fully saturated rings. The molecule has 0 saturated carbocycles. The van der Waals surface area contributed by atoms with Crippen molar-refractivity contribution in [2.75, 3.05) is 0 Å². The van der Waals surface area contributed by atoms with Crippen molar-refractivity contribution >= 4 is 0 Å². The van der Waals surface area contributed by atoms with Crippen LogP contribution < -0.4 is 4.74 Å². The van der Waals surface area contributed by atoms with Crippen molar-refractivity contribution < 1.29 is 31.1 Å². The van der Waals surface area contributed by atoms with Gasteiger partial charge in [-0.05, 0) is 42.7 Å². The molecule has 3 rings (SSSR count). The van der Waals surface area contributed by atoms with E-state index in [2.05, 4.69) is 21.6 Å². The molecule has 32 heavy (non-hydrogen) atoms. The molecule has 0 unspecified atom stereocenters. The van der Waals surface area contributed by atoms with E-state index in [1.807, 2.05) is 0 Å². The fraction of sp³-hybridized carbons (Fsp3) is 0.304. The van der Waals surface area contributed by atoms with Crippen LogP contribution in [-0.2, 0) is 6.42 Å². The third kappa shape index (κ3) is 5.57. The standard InChI is InChI=1S/C23H20F6N2O/c1-2-3-4-5-6-13-7-16(24)20(17(25)8-13)15-11-30-22(31-12-15)14-9-18(26)21(19(27)10-14)32-23(28)29/h7-12,23H,2-6H2,1H3. The van der Waals surface area contributed by atoms with Gasteiger partial charge in [-0.2, -0.15) is 8.78 Å². The maximum Gasteiger partial charge on any atom is 0.387 e. The predicted molar refractivity (Wildman–Crippen MR) is 107 cm³/mol. The third-order valence-electron chi connectivity index (χ3n) is 4.82. The molecule has 0 bridgehead atoms. The zero-order chi connectivity index (χ0) is 23.3. The summed E-state index contributed by atoms with van der Waals surface area (Å²) < 4.78 is 85.3. The van der Waals surface area contributed by atoms with Gasteiger partial charge in [0.05, 0.1) is 5.56 Å². The van der Waals surface area contributed by atoms with Crippen molar-refractivity contribution in [1.29, 1.82) is 0 Å². The van der Waals surface area contributed by atoms with Crippen LogP contribution in [0.1, 0.15) is 38.2 Å². The summed E-state index contributed by atoms with van der Waals surface area (Å²) in [7, 11) is 0. The second-order valence-corrected chi connectivity index (χ2v) is 7.19. The normalized spacial score (nSPS) is 11.2. The van der Waals surface area contributed by atoms with Crippen molar-refractivity contribution in [3.63, 3.8) is 0 Å². The van der Waals surface area contributed by atoms with Crippen LogP contribution in [-0.4, -0.2) is 16.6 Å². The van der Waals surface area contributed by atoms with E-state index < -0.39 is 35.6 Å². The Balaban J connectivity index is 1.83. The summed E-state index contributed by atoms with van der Waals surface area (Å²) in [4.78, 5) is 7.81. The van der Waals surface area contributed by atoms with Crippen molar-refractivity contribution in [3.05, 3.63) is 65.5 Å². The van der Waals surface area contributed by atoms with Crippen molar-refractivity contribution in [2.45, 2.75) is 45.6 Å². The minimum Gasteiger partial charge on any atom is -0.429 e. The van der Waals surface area contributed by atoms with Gasteiger partial charge in [-0.15, -0.1) is 0 Å². The van der Waals surface area contributed by atoms with Crippen LogP contribution in [0.15, 0.2) is 36.7 Å². The van der Waals surface area contributed by atoms with E-state index in [0.29, 0.717) is 12.0 Å². The van der Waals surface area contributed by atoms with Crippen LogP contribution in [0.3, 0.4) is 0 Å². The molecule has 3 nitrogen and oxygen atoms in total. The Labute approximate surface area is 181 Å². The molecular formula is C23H20F6N2O. The molecular weight excluding hydrogens is 434 g/mol. The minimum atomic E-state index is -3.40. The van der Waals surface area contributed by atoms with Gasteiger partial charge < -0.3 is 4.74 Å². The largest absolute Gasteiger partial charge is 0.429 e. The molecule has 0 amide bonds. The smallest absolute Gasteiger partial charge is 0.387 e. The van der Waals surface area contributed by atoms with E-state index in [9.17, 15) is 26.3 Å². The molecule has 2 aromatic carbocycles. The van der Waals surface area contributed by atoms with Gasteiger partial charge in [-0.3, -0.25) is 0 Å². The van der Waals surface area contributed by atoms with E-state index in [0.717, 1.165) is 50.2 Å². The number of hydrogen-bond donors (Lipinski definition) is 0. The summed E-state index contributed by atoms with van der Waals surface area (Å²) in [6.45, 7) is -1.32. The molecule has 0 spiro atoms. The first-order chi connectivity index (χ1) is 15.3. The summed E-state index contributed by atoms with van der Waals surface area (Å²) in [6.07, 6.45) is 6.72. The summed E-state index contributed by atoms with van der Waals surface area (Å²) >= 11 is 0. The number of rotatable bonds is 9. The lowest BCUT2D eigenvalue weighted by Gasteiger charge is -2.10. The number of halogens is 6. The number of nitrogens with zero attached hydrogens (tertiary/aromatic N) is 2. The van der Waals surface area contributed by atoms with Crippen molar-refractivity contribution in [1.82, 2.24) is 9.97 Å². The average molecular weight is 454 g/mol. The second-order valence-electron chi connectivity index (χ2n) is 7.19. The molecule has 0 aliphatic rings. The van der Waals surface area contributed by atoms with Gasteiger partial charge in [-0.25, -0.2) is 27.5 Å². The SMILES string of the molecule is CCCCCCc1cc(F)c(-c2cnc(-c3cc(F)c(OC(F)F)c(F)c3)nc2)c(F)c1. The Morgan fingerprint density at radius 1 is 0.781 bits per heavy atom. The molecule has 0 aliphatic carbocycles. The fourth-order valence-electron chi connectivity index (χ4n) is 3.30. The highest BCUT2D eigenvalue weighted by Gasteiger charge is 2.19. The lowest BCUT2D eigenvalue weighted by atomic mass is 10.0. The van der Waals surface area contributed by atoms with Gasteiger partial charge in [-0.1, -0.05) is 26.2 Å². The van der Waals surface area contributed by atoms with Gasteiger partial charge in [0.15, 0.2) is 23.2 Å². The molecule has 0 saturated heterocycles. The summed E-state index contributed by atoms with van der Waals surface area (Å²) in [5.41, 5.74) is 0.123. The van der Waals surface area contributed by atoms with Crippen LogP contribution in [0.4, 0.5) is 26.3 Å². The van der Waals surface area contributed by atoms with Gasteiger partial charge in [0.1, 0.15) is 11.6 Å². The lowest BCUT2D eigenvalue weighted by Crippen LogP contribution is -2.06. The van der Waals surface area contributed by atoms with E-state index >= 15 is 0 Å². The number of aryl methyl sites for hydroxylation is 1. The van der Waals surface area contributed by atoms with Crippen LogP contribution >= 0.6 is 0 Å². The third-order valence-corrected chi connectivity index (χ3v) is 4.82. The second kappa shape index (κ2) is 10.5. The number of aromatic nitrogens is 2. The number of ether oxygens (including phenoxy) is 1. The van der Waals surface area contributed by atoms with Gasteiger partial charge >= 0.3 is 6.61 Å². The zero-order valence-corrected chi connectivity index (χ0v) is 17.1. The number of unbranched alkanes of at least 4 members (excludes halogenated alkanes) is 3. The van der Waals surface area contributed by atoms with Crippen LogP contribution in [0.2, 0.25) is 0 Å². The Hall–Kier alpha value is -3.10. The highest BCUT2D eigenvalue weighted by Crippen LogP contribution is 2.31. The lowest BCUT2D eigenvalue weighted by molar-refractivity contribution is -0.0546. The Kier molecular flexibility index (Phi) is 7.71.